The Morgan fingerprint density at radius 2 is 1.85 bits per heavy atom. The van der Waals surface area contributed by atoms with Crippen molar-refractivity contribution in [2.24, 2.45) is 10.7 Å². The standard InChI is InChI=1S/C23H17FN4O3S2/c24-15-6-8-16(9-7-15)28-22(31)18(12-14-4-2-1-3-5-14)26-23(28)33-13-19(29)27-21-17(20(25)30)10-11-32-21/h1-12H,13H2,(H2,25,30)(H,27,29). The van der Waals surface area contributed by atoms with Crippen LogP contribution in [0.3, 0.4) is 0 Å². The van der Waals surface area contributed by atoms with Crippen LogP contribution in [-0.2, 0) is 9.59 Å². The maximum absolute atomic E-state index is 13.4. The minimum Gasteiger partial charge on any atom is -0.366 e. The van der Waals surface area contributed by atoms with E-state index in [-0.39, 0.29) is 34.0 Å². The molecule has 3 N–H and O–H groups in total. The van der Waals surface area contributed by atoms with Gasteiger partial charge >= 0.3 is 0 Å². The number of primary amides is 1. The second-order valence-electron chi connectivity index (χ2n) is 6.82. The van der Waals surface area contributed by atoms with Gasteiger partial charge in [0.2, 0.25) is 5.91 Å². The van der Waals surface area contributed by atoms with Crippen LogP contribution in [-0.4, -0.2) is 28.6 Å². The van der Waals surface area contributed by atoms with Crippen molar-refractivity contribution in [2.45, 2.75) is 0 Å². The summed E-state index contributed by atoms with van der Waals surface area (Å²) in [4.78, 5) is 42.8. The molecular weight excluding hydrogens is 463 g/mol. The van der Waals surface area contributed by atoms with Crippen molar-refractivity contribution in [1.82, 2.24) is 0 Å². The zero-order valence-corrected chi connectivity index (χ0v) is 18.7. The molecule has 0 spiro atoms. The molecule has 3 amide bonds. The van der Waals surface area contributed by atoms with E-state index in [1.807, 2.05) is 30.3 Å². The molecule has 0 fully saturated rings. The van der Waals surface area contributed by atoms with Crippen LogP contribution in [0, 0.1) is 5.82 Å². The molecule has 33 heavy (non-hydrogen) atoms. The van der Waals surface area contributed by atoms with Crippen molar-refractivity contribution in [3.8, 4) is 0 Å². The molecule has 0 saturated carbocycles. The summed E-state index contributed by atoms with van der Waals surface area (Å²) in [7, 11) is 0. The van der Waals surface area contributed by atoms with Crippen LogP contribution in [0.5, 0.6) is 0 Å². The zero-order chi connectivity index (χ0) is 23.4. The largest absolute Gasteiger partial charge is 0.366 e. The van der Waals surface area contributed by atoms with E-state index in [1.165, 1.54) is 46.6 Å². The number of nitrogens with one attached hydrogen (secondary N) is 1. The van der Waals surface area contributed by atoms with Gasteiger partial charge in [0, 0.05) is 0 Å². The SMILES string of the molecule is NC(=O)c1ccsc1NC(=O)CSC1=NC(=Cc2ccccc2)C(=O)N1c1ccc(F)cc1. The first-order chi connectivity index (χ1) is 15.9. The molecule has 1 aliphatic heterocycles. The number of benzene rings is 2. The highest BCUT2D eigenvalue weighted by molar-refractivity contribution is 8.14. The Labute approximate surface area is 196 Å². The van der Waals surface area contributed by atoms with Gasteiger partial charge in [0.15, 0.2) is 5.17 Å². The summed E-state index contributed by atoms with van der Waals surface area (Å²) in [6.45, 7) is 0. The van der Waals surface area contributed by atoms with Gasteiger partial charge in [-0.15, -0.1) is 11.3 Å². The minimum absolute atomic E-state index is 0.0709. The summed E-state index contributed by atoms with van der Waals surface area (Å²) >= 11 is 2.23. The Balaban J connectivity index is 1.56. The molecule has 3 aromatic rings. The average molecular weight is 481 g/mol. The highest BCUT2D eigenvalue weighted by atomic mass is 32.2. The molecule has 1 aromatic heterocycles. The first-order valence-electron chi connectivity index (χ1n) is 9.68. The summed E-state index contributed by atoms with van der Waals surface area (Å²) in [5, 5.41) is 4.95. The number of amidine groups is 1. The summed E-state index contributed by atoms with van der Waals surface area (Å²) in [5.74, 6) is -1.92. The Morgan fingerprint density at radius 3 is 2.55 bits per heavy atom. The lowest BCUT2D eigenvalue weighted by Gasteiger charge is -2.17. The lowest BCUT2D eigenvalue weighted by atomic mass is 10.2. The highest BCUT2D eigenvalue weighted by Gasteiger charge is 2.32. The number of hydrogen-bond donors (Lipinski definition) is 2. The normalized spacial score (nSPS) is 14.5. The lowest BCUT2D eigenvalue weighted by Crippen LogP contribution is -2.31. The Kier molecular flexibility index (Phi) is 6.66. The molecule has 2 aromatic carbocycles. The van der Waals surface area contributed by atoms with Crippen molar-refractivity contribution < 1.29 is 18.8 Å². The van der Waals surface area contributed by atoms with Crippen molar-refractivity contribution >= 4 is 62.8 Å². The summed E-state index contributed by atoms with van der Waals surface area (Å²) in [6, 6.07) is 16.2. The number of nitrogens with two attached hydrogens (primary N) is 1. The third kappa shape index (κ3) is 5.18. The number of carbonyl (C=O) groups is 3. The van der Waals surface area contributed by atoms with Crippen LogP contribution < -0.4 is 16.0 Å². The van der Waals surface area contributed by atoms with Gasteiger partial charge in [-0.1, -0.05) is 42.1 Å². The molecule has 1 aliphatic rings. The monoisotopic (exact) mass is 480 g/mol. The van der Waals surface area contributed by atoms with Gasteiger partial charge in [0.1, 0.15) is 16.5 Å². The Hall–Kier alpha value is -3.76. The first kappa shape index (κ1) is 22.4. The number of rotatable bonds is 6. The van der Waals surface area contributed by atoms with Crippen LogP contribution in [0.2, 0.25) is 0 Å². The van der Waals surface area contributed by atoms with Crippen LogP contribution in [0.15, 0.2) is 76.7 Å². The van der Waals surface area contributed by atoms with Gasteiger partial charge in [-0.25, -0.2) is 9.38 Å². The molecule has 10 heteroatoms. The van der Waals surface area contributed by atoms with Gasteiger partial charge in [-0.3, -0.25) is 19.3 Å². The third-order valence-corrected chi connectivity index (χ3v) is 6.30. The summed E-state index contributed by atoms with van der Waals surface area (Å²) < 4.78 is 13.4. The first-order valence-corrected chi connectivity index (χ1v) is 11.5. The molecular formula is C23H17FN4O3S2. The van der Waals surface area contributed by atoms with Gasteiger partial charge < -0.3 is 11.1 Å². The smallest absolute Gasteiger partial charge is 0.283 e. The number of nitrogens with zero attached hydrogens (tertiary/aromatic N) is 2. The molecule has 0 saturated heterocycles. The van der Waals surface area contributed by atoms with Gasteiger partial charge in [-0.2, -0.15) is 0 Å². The number of thiophene rings is 1. The predicted octanol–water partition coefficient (Wildman–Crippen LogP) is 4.10. The third-order valence-electron chi connectivity index (χ3n) is 4.53. The number of thioether (sulfide) groups is 1. The maximum Gasteiger partial charge on any atom is 0.283 e. The molecule has 0 unspecified atom stereocenters. The molecule has 166 valence electrons. The van der Waals surface area contributed by atoms with Gasteiger partial charge in [-0.05, 0) is 47.4 Å². The molecule has 2 heterocycles. The van der Waals surface area contributed by atoms with E-state index in [1.54, 1.807) is 11.5 Å². The van der Waals surface area contributed by atoms with E-state index >= 15 is 0 Å². The van der Waals surface area contributed by atoms with E-state index in [2.05, 4.69) is 10.3 Å². The molecule has 0 aliphatic carbocycles. The quantitative estimate of drug-likeness (QED) is 0.518. The van der Waals surface area contributed by atoms with E-state index in [0.29, 0.717) is 10.7 Å². The average Bonchev–Trinajstić information content (AvgIpc) is 3.38. The lowest BCUT2D eigenvalue weighted by molar-refractivity contribution is -0.114. The molecule has 0 atom stereocenters. The number of carbonyl (C=O) groups excluding carboxylic acids is 3. The van der Waals surface area contributed by atoms with Crippen molar-refractivity contribution in [2.75, 3.05) is 16.0 Å². The van der Waals surface area contributed by atoms with Crippen LogP contribution >= 0.6 is 23.1 Å². The molecule has 4 rings (SSSR count). The van der Waals surface area contributed by atoms with Crippen LogP contribution in [0.1, 0.15) is 15.9 Å². The second kappa shape index (κ2) is 9.80. The summed E-state index contributed by atoms with van der Waals surface area (Å²) in [5.41, 5.74) is 6.96. The number of halogens is 1. The van der Waals surface area contributed by atoms with E-state index < -0.39 is 11.7 Å². The number of amides is 3. The molecule has 7 nitrogen and oxygen atoms in total. The minimum atomic E-state index is -0.636. The van der Waals surface area contributed by atoms with Crippen LogP contribution in [0.25, 0.3) is 6.08 Å². The number of anilines is 2. The second-order valence-corrected chi connectivity index (χ2v) is 8.67. The summed E-state index contributed by atoms with van der Waals surface area (Å²) in [6.07, 6.45) is 1.65. The van der Waals surface area contributed by atoms with E-state index in [9.17, 15) is 18.8 Å². The fraction of sp³-hybridized carbons (Fsp3) is 0.0435. The molecule has 0 radical (unpaired) electrons. The number of aliphatic imine (C=N–C) groups is 1. The van der Waals surface area contributed by atoms with Crippen molar-refractivity contribution in [1.29, 1.82) is 0 Å². The number of hydrogen-bond acceptors (Lipinski definition) is 6. The van der Waals surface area contributed by atoms with E-state index in [4.69, 9.17) is 5.73 Å². The zero-order valence-electron chi connectivity index (χ0n) is 17.0. The topological polar surface area (TPSA) is 105 Å². The van der Waals surface area contributed by atoms with E-state index in [0.717, 1.165) is 17.3 Å². The highest BCUT2D eigenvalue weighted by Crippen LogP contribution is 2.30. The molecule has 0 bridgehead atoms. The predicted molar refractivity (Wildman–Crippen MR) is 130 cm³/mol. The van der Waals surface area contributed by atoms with Crippen molar-refractivity contribution in [3.63, 3.8) is 0 Å². The Bertz CT molecular complexity index is 1270. The van der Waals surface area contributed by atoms with Gasteiger partial charge in [0.25, 0.3) is 11.8 Å². The van der Waals surface area contributed by atoms with Crippen molar-refractivity contribution in [3.05, 3.63) is 88.7 Å². The fourth-order valence-electron chi connectivity index (χ4n) is 3.01. The van der Waals surface area contributed by atoms with Gasteiger partial charge in [0.05, 0.1) is 17.0 Å². The fourth-order valence-corrected chi connectivity index (χ4v) is 4.63. The Morgan fingerprint density at radius 1 is 1.12 bits per heavy atom. The maximum atomic E-state index is 13.4. The van der Waals surface area contributed by atoms with Crippen LogP contribution in [0.4, 0.5) is 15.1 Å².